The second-order valence-corrected chi connectivity index (χ2v) is 12.0. The van der Waals surface area contributed by atoms with E-state index >= 15 is 0 Å². The molecule has 0 unspecified atom stereocenters. The number of nitrogens with zero attached hydrogens (tertiary/aromatic N) is 1. The highest BCUT2D eigenvalue weighted by Gasteiger charge is 2.29. The number of anilines is 2. The van der Waals surface area contributed by atoms with E-state index in [-0.39, 0.29) is 44.2 Å². The minimum atomic E-state index is -1.00. The number of amides is 6. The number of hydrogen-bond acceptors (Lipinski definition) is 6. The summed E-state index contributed by atoms with van der Waals surface area (Å²) in [7, 11) is 0. The average Bonchev–Trinajstić information content (AvgIpc) is 3.08. The summed E-state index contributed by atoms with van der Waals surface area (Å²) in [5, 5.41) is 20.0. The molecule has 0 spiro atoms. The molecular weight excluding hydrogens is 624 g/mol. The first-order chi connectivity index (χ1) is 23.5. The fourth-order valence-electron chi connectivity index (χ4n) is 5.31. The first-order valence-corrected chi connectivity index (χ1v) is 16.2. The van der Waals surface area contributed by atoms with Crippen LogP contribution in [0.5, 0.6) is 0 Å². The monoisotopic (exact) mass is 666 g/mol. The van der Waals surface area contributed by atoms with E-state index in [1.165, 1.54) is 0 Å². The van der Waals surface area contributed by atoms with Crippen molar-refractivity contribution in [2.45, 2.75) is 64.8 Å². The number of para-hydroxylation sites is 1. The van der Waals surface area contributed by atoms with E-state index in [1.807, 2.05) is 48.5 Å². The van der Waals surface area contributed by atoms with Gasteiger partial charge in [0.05, 0.1) is 18.8 Å². The van der Waals surface area contributed by atoms with E-state index in [1.54, 1.807) is 43.0 Å². The minimum Gasteiger partial charge on any atom is -0.392 e. The van der Waals surface area contributed by atoms with Gasteiger partial charge >= 0.3 is 6.03 Å². The normalized spacial score (nSPS) is 12.9. The summed E-state index contributed by atoms with van der Waals surface area (Å²) in [6, 6.07) is 18.9. The van der Waals surface area contributed by atoms with Crippen molar-refractivity contribution in [2.75, 3.05) is 16.8 Å². The van der Waals surface area contributed by atoms with E-state index in [0.717, 1.165) is 11.1 Å². The highest BCUT2D eigenvalue weighted by molar-refractivity contribution is 5.99. The summed E-state index contributed by atoms with van der Waals surface area (Å²) in [5.41, 5.74) is 9.37. The number of carbonyl (C=O) groups excluding carboxylic acids is 5. The van der Waals surface area contributed by atoms with Gasteiger partial charge in [0.25, 0.3) is 0 Å². The van der Waals surface area contributed by atoms with Gasteiger partial charge < -0.3 is 37.0 Å². The van der Waals surface area contributed by atoms with Crippen LogP contribution >= 0.6 is 0 Å². The number of nitrogens with two attached hydrogens (primary N) is 1. The highest BCUT2D eigenvalue weighted by Crippen LogP contribution is 2.26. The molecule has 1 aliphatic heterocycles. The maximum atomic E-state index is 13.6. The van der Waals surface area contributed by atoms with E-state index in [0.29, 0.717) is 35.5 Å². The first kappa shape index (κ1) is 36.2. The number of carbonyl (C=O) groups is 5. The third kappa shape index (κ3) is 10.4. The van der Waals surface area contributed by atoms with Gasteiger partial charge in [-0.2, -0.15) is 0 Å². The Morgan fingerprint density at radius 2 is 1.53 bits per heavy atom. The van der Waals surface area contributed by atoms with Crippen LogP contribution in [0.2, 0.25) is 0 Å². The molecule has 1 heterocycles. The van der Waals surface area contributed by atoms with Crippen molar-refractivity contribution < 1.29 is 29.1 Å². The maximum absolute atomic E-state index is 13.6. The van der Waals surface area contributed by atoms with Crippen LogP contribution in [0.1, 0.15) is 61.8 Å². The molecule has 6 amide bonds. The molecule has 12 nitrogen and oxygen atoms in total. The molecule has 49 heavy (non-hydrogen) atoms. The van der Waals surface area contributed by atoms with Gasteiger partial charge in [-0.1, -0.05) is 68.2 Å². The maximum Gasteiger partial charge on any atom is 0.312 e. The van der Waals surface area contributed by atoms with E-state index < -0.39 is 35.8 Å². The predicted octanol–water partition coefficient (Wildman–Crippen LogP) is 2.92. The number of nitrogens with one attached hydrogen (secondary N) is 4. The lowest BCUT2D eigenvalue weighted by molar-refractivity contribution is -0.132. The highest BCUT2D eigenvalue weighted by atomic mass is 16.3. The quantitative estimate of drug-likeness (QED) is 0.114. The van der Waals surface area contributed by atoms with Crippen LogP contribution in [0.3, 0.4) is 0 Å². The molecule has 0 aliphatic carbocycles. The second kappa shape index (κ2) is 17.5. The number of rotatable bonds is 14. The summed E-state index contributed by atoms with van der Waals surface area (Å²) in [5.74, 6) is 4.18. The van der Waals surface area contributed by atoms with Crippen LogP contribution in [0.25, 0.3) is 0 Å². The lowest BCUT2D eigenvalue weighted by atomic mass is 10.0. The van der Waals surface area contributed by atoms with Gasteiger partial charge in [0.15, 0.2) is 0 Å². The van der Waals surface area contributed by atoms with Crippen molar-refractivity contribution in [3.05, 3.63) is 95.1 Å². The average molecular weight is 667 g/mol. The van der Waals surface area contributed by atoms with Crippen molar-refractivity contribution in [1.29, 1.82) is 0 Å². The van der Waals surface area contributed by atoms with E-state index in [2.05, 4.69) is 33.1 Å². The Morgan fingerprint density at radius 3 is 2.22 bits per heavy atom. The van der Waals surface area contributed by atoms with Crippen LogP contribution < -0.4 is 31.9 Å². The Kier molecular flexibility index (Phi) is 12.9. The third-order valence-electron chi connectivity index (χ3n) is 8.01. The van der Waals surface area contributed by atoms with Crippen LogP contribution in [-0.2, 0) is 32.3 Å². The van der Waals surface area contributed by atoms with Gasteiger partial charge in [-0.3, -0.25) is 19.2 Å². The summed E-state index contributed by atoms with van der Waals surface area (Å²) < 4.78 is 0. The minimum absolute atomic E-state index is 0.102. The summed E-state index contributed by atoms with van der Waals surface area (Å²) >= 11 is 0. The number of primary amides is 1. The molecule has 12 heteroatoms. The number of aliphatic hydroxyl groups is 1. The fourth-order valence-corrected chi connectivity index (χ4v) is 5.31. The standard InChI is InChI=1S/C37H42N6O6/c1-24(2)34(36(48)41-30(11-7-21-39-37(38)49)35(47)40-29-17-13-25(23-44)14-18-29)42-32(45)19-20-33(46)43-22-28-10-4-3-8-26(28)15-16-27-9-5-6-12-31(27)43/h3-6,8-10,12-14,17-18,24,30,34,44H,7,11,19-23H2,1-2H3,(H,40,47)(H,41,48)(H,42,45)(H3,38,39,49)/t30-,34-/m0/s1. The Morgan fingerprint density at radius 1 is 0.857 bits per heavy atom. The molecule has 4 rings (SSSR count). The number of hydrogen-bond donors (Lipinski definition) is 6. The molecule has 7 N–H and O–H groups in total. The van der Waals surface area contributed by atoms with Crippen molar-refractivity contribution in [2.24, 2.45) is 11.7 Å². The Hall–Kier alpha value is -5.67. The van der Waals surface area contributed by atoms with Gasteiger partial charge in [-0.15, -0.1) is 0 Å². The molecule has 2 atom stereocenters. The summed E-state index contributed by atoms with van der Waals surface area (Å²) in [6.07, 6.45) is 0.245. The lowest BCUT2D eigenvalue weighted by Crippen LogP contribution is -2.54. The summed E-state index contributed by atoms with van der Waals surface area (Å²) in [4.78, 5) is 66.3. The molecule has 1 aliphatic rings. The molecule has 0 bridgehead atoms. The second-order valence-electron chi connectivity index (χ2n) is 12.0. The first-order valence-electron chi connectivity index (χ1n) is 16.2. The molecular formula is C37H42N6O6. The Bertz CT molecular complexity index is 1730. The number of benzene rings is 3. The zero-order chi connectivity index (χ0) is 35.3. The molecule has 0 saturated carbocycles. The van der Waals surface area contributed by atoms with Gasteiger partial charge in [0.2, 0.25) is 23.6 Å². The third-order valence-corrected chi connectivity index (χ3v) is 8.01. The predicted molar refractivity (Wildman–Crippen MR) is 186 cm³/mol. The Labute approximate surface area is 285 Å². The number of fused-ring (bicyclic) bond motifs is 2. The van der Waals surface area contributed by atoms with Crippen LogP contribution in [0, 0.1) is 17.8 Å². The largest absolute Gasteiger partial charge is 0.392 e. The molecule has 3 aromatic carbocycles. The topological polar surface area (TPSA) is 183 Å². The van der Waals surface area contributed by atoms with Gasteiger partial charge in [0, 0.05) is 36.2 Å². The Balaban J connectivity index is 1.41. The molecule has 0 saturated heterocycles. The zero-order valence-electron chi connectivity index (χ0n) is 27.6. The molecule has 0 radical (unpaired) electrons. The number of aliphatic hydroxyl groups excluding tert-OH is 1. The zero-order valence-corrected chi connectivity index (χ0v) is 27.6. The van der Waals surface area contributed by atoms with E-state index in [9.17, 15) is 29.1 Å². The molecule has 256 valence electrons. The van der Waals surface area contributed by atoms with Crippen LogP contribution in [0.4, 0.5) is 16.2 Å². The van der Waals surface area contributed by atoms with Gasteiger partial charge in [0.1, 0.15) is 12.1 Å². The van der Waals surface area contributed by atoms with Crippen molar-refractivity contribution in [3.8, 4) is 11.8 Å². The van der Waals surface area contributed by atoms with Gasteiger partial charge in [-0.25, -0.2) is 4.79 Å². The SMILES string of the molecule is CC(C)[C@H](NC(=O)CCC(=O)N1Cc2ccccc2C#Cc2ccccc21)C(=O)N[C@@H](CCCNC(N)=O)C(=O)Nc1ccc(CO)cc1. The lowest BCUT2D eigenvalue weighted by Gasteiger charge is -2.27. The fraction of sp³-hybridized carbons (Fsp3) is 0.324. The van der Waals surface area contributed by atoms with Crippen LogP contribution in [-0.4, -0.2) is 53.4 Å². The molecule has 0 fully saturated rings. The smallest absolute Gasteiger partial charge is 0.312 e. The van der Waals surface area contributed by atoms with Crippen LogP contribution in [0.15, 0.2) is 72.8 Å². The van der Waals surface area contributed by atoms with Crippen molar-refractivity contribution in [3.63, 3.8) is 0 Å². The number of urea groups is 1. The molecule has 0 aromatic heterocycles. The van der Waals surface area contributed by atoms with Crippen molar-refractivity contribution >= 4 is 41.0 Å². The molecule has 3 aromatic rings. The van der Waals surface area contributed by atoms with E-state index in [4.69, 9.17) is 5.73 Å². The van der Waals surface area contributed by atoms with Crippen molar-refractivity contribution in [1.82, 2.24) is 16.0 Å². The van der Waals surface area contributed by atoms with Gasteiger partial charge in [-0.05, 0) is 60.2 Å². The summed E-state index contributed by atoms with van der Waals surface area (Å²) in [6.45, 7) is 3.87.